The van der Waals surface area contributed by atoms with Crippen molar-refractivity contribution in [2.24, 2.45) is 0 Å². The highest BCUT2D eigenvalue weighted by atomic mass is 16.5. The number of carbonyl (C=O) groups excluding carboxylic acids is 2. The third kappa shape index (κ3) is 5.39. The fourth-order valence-corrected chi connectivity index (χ4v) is 1.44. The molecule has 0 aliphatic carbocycles. The highest BCUT2D eigenvalue weighted by Gasteiger charge is 2.11. The van der Waals surface area contributed by atoms with Gasteiger partial charge in [-0.15, -0.1) is 0 Å². The molecule has 8 nitrogen and oxygen atoms in total. The Bertz CT molecular complexity index is 521. The van der Waals surface area contributed by atoms with Gasteiger partial charge in [0.15, 0.2) is 0 Å². The highest BCUT2D eigenvalue weighted by molar-refractivity contribution is 5.97. The summed E-state index contributed by atoms with van der Waals surface area (Å²) in [6, 6.07) is 4.59. The average molecular weight is 296 g/mol. The third-order valence-corrected chi connectivity index (χ3v) is 2.46. The van der Waals surface area contributed by atoms with Gasteiger partial charge in [0.05, 0.1) is 20.8 Å². The molecule has 1 aromatic carbocycles. The first-order valence-corrected chi connectivity index (χ1v) is 5.96. The van der Waals surface area contributed by atoms with Gasteiger partial charge < -0.3 is 25.2 Å². The largest absolute Gasteiger partial charge is 0.497 e. The summed E-state index contributed by atoms with van der Waals surface area (Å²) in [6.45, 7) is -0.826. The zero-order valence-electron chi connectivity index (χ0n) is 11.6. The number of nitrogens with one attached hydrogen (secondary N) is 2. The Morgan fingerprint density at radius 2 is 1.57 bits per heavy atom. The number of aliphatic carboxylic acids is 1. The van der Waals surface area contributed by atoms with Crippen LogP contribution in [0, 0.1) is 0 Å². The molecule has 0 heterocycles. The molecule has 3 N–H and O–H groups in total. The zero-order valence-corrected chi connectivity index (χ0v) is 11.6. The Morgan fingerprint density at radius 3 is 2.05 bits per heavy atom. The predicted molar refractivity (Wildman–Crippen MR) is 72.5 cm³/mol. The van der Waals surface area contributed by atoms with E-state index in [9.17, 15) is 14.4 Å². The van der Waals surface area contributed by atoms with E-state index in [4.69, 9.17) is 14.6 Å². The number of hydrogen-bond donors (Lipinski definition) is 3. The maximum atomic E-state index is 11.9. The van der Waals surface area contributed by atoms with E-state index in [1.165, 1.54) is 26.4 Å². The molecule has 21 heavy (non-hydrogen) atoms. The van der Waals surface area contributed by atoms with Gasteiger partial charge in [-0.25, -0.2) is 0 Å². The molecule has 0 atom stereocenters. The van der Waals surface area contributed by atoms with Crippen molar-refractivity contribution in [3.8, 4) is 11.5 Å². The van der Waals surface area contributed by atoms with Crippen LogP contribution in [-0.2, 0) is 9.59 Å². The van der Waals surface area contributed by atoms with Gasteiger partial charge in [-0.05, 0) is 12.1 Å². The molecule has 0 saturated heterocycles. The molecular weight excluding hydrogens is 280 g/mol. The molecule has 8 heteroatoms. The van der Waals surface area contributed by atoms with Gasteiger partial charge in [-0.3, -0.25) is 14.4 Å². The monoisotopic (exact) mass is 296 g/mol. The van der Waals surface area contributed by atoms with Gasteiger partial charge in [0.25, 0.3) is 5.91 Å². The molecule has 0 fully saturated rings. The summed E-state index contributed by atoms with van der Waals surface area (Å²) in [4.78, 5) is 33.5. The number of carbonyl (C=O) groups is 3. The van der Waals surface area contributed by atoms with Crippen LogP contribution in [0.1, 0.15) is 10.4 Å². The fourth-order valence-electron chi connectivity index (χ4n) is 1.44. The van der Waals surface area contributed by atoms with Crippen molar-refractivity contribution in [2.75, 3.05) is 27.3 Å². The number of methoxy groups -OCH3 is 2. The van der Waals surface area contributed by atoms with Crippen molar-refractivity contribution in [1.29, 1.82) is 0 Å². The zero-order chi connectivity index (χ0) is 15.8. The molecule has 114 valence electrons. The summed E-state index contributed by atoms with van der Waals surface area (Å²) in [7, 11) is 2.91. The molecule has 0 saturated carbocycles. The second-order valence-electron chi connectivity index (χ2n) is 3.95. The van der Waals surface area contributed by atoms with E-state index in [2.05, 4.69) is 10.6 Å². The van der Waals surface area contributed by atoms with Crippen molar-refractivity contribution < 1.29 is 29.0 Å². The Hall–Kier alpha value is -2.77. The van der Waals surface area contributed by atoms with Crippen LogP contribution in [0.5, 0.6) is 11.5 Å². The molecule has 0 aliphatic rings. The summed E-state index contributed by atoms with van der Waals surface area (Å²) >= 11 is 0. The molecule has 0 bridgehead atoms. The fraction of sp³-hybridized carbons (Fsp3) is 0.308. The maximum absolute atomic E-state index is 11.9. The predicted octanol–water partition coefficient (Wildman–Crippen LogP) is -0.366. The molecule has 0 aliphatic heterocycles. The van der Waals surface area contributed by atoms with Crippen molar-refractivity contribution >= 4 is 17.8 Å². The van der Waals surface area contributed by atoms with E-state index in [0.29, 0.717) is 11.5 Å². The molecule has 0 spiro atoms. The van der Waals surface area contributed by atoms with Gasteiger partial charge in [-0.1, -0.05) is 0 Å². The van der Waals surface area contributed by atoms with Crippen LogP contribution in [-0.4, -0.2) is 50.2 Å². The molecule has 2 amide bonds. The number of carboxylic acid groups (broad SMARTS) is 1. The van der Waals surface area contributed by atoms with E-state index in [1.54, 1.807) is 6.07 Å². The summed E-state index contributed by atoms with van der Waals surface area (Å²) in [5.74, 6) is -1.38. The molecule has 0 unspecified atom stereocenters. The lowest BCUT2D eigenvalue weighted by atomic mass is 10.2. The maximum Gasteiger partial charge on any atom is 0.322 e. The normalized spacial score (nSPS) is 9.62. The van der Waals surface area contributed by atoms with Crippen molar-refractivity contribution in [3.05, 3.63) is 23.8 Å². The second-order valence-corrected chi connectivity index (χ2v) is 3.95. The van der Waals surface area contributed by atoms with E-state index in [0.717, 1.165) is 0 Å². The van der Waals surface area contributed by atoms with Gasteiger partial charge in [0.2, 0.25) is 5.91 Å². The third-order valence-electron chi connectivity index (χ3n) is 2.46. The van der Waals surface area contributed by atoms with Crippen LogP contribution in [0.4, 0.5) is 0 Å². The lowest BCUT2D eigenvalue weighted by Crippen LogP contribution is -2.39. The summed E-state index contributed by atoms with van der Waals surface area (Å²) < 4.78 is 10.1. The smallest absolute Gasteiger partial charge is 0.322 e. The number of hydrogen-bond acceptors (Lipinski definition) is 5. The molecule has 1 aromatic rings. The first kappa shape index (κ1) is 16.3. The number of benzene rings is 1. The Labute approximate surface area is 121 Å². The Balaban J connectivity index is 2.63. The van der Waals surface area contributed by atoms with Crippen LogP contribution in [0.25, 0.3) is 0 Å². The SMILES string of the molecule is COc1cc(OC)cc(C(=O)NCC(=O)NCC(=O)O)c1. The van der Waals surface area contributed by atoms with E-state index in [1.807, 2.05) is 0 Å². The van der Waals surface area contributed by atoms with Crippen LogP contribution in [0.3, 0.4) is 0 Å². The minimum atomic E-state index is -1.16. The second kappa shape index (κ2) is 7.73. The molecule has 0 aromatic heterocycles. The standard InChI is InChI=1S/C13H16N2O6/c1-20-9-3-8(4-10(5-9)21-2)13(19)15-6-11(16)14-7-12(17)18/h3-5H,6-7H2,1-2H3,(H,14,16)(H,15,19)(H,17,18). The molecule has 0 radical (unpaired) electrons. The van der Waals surface area contributed by atoms with Gasteiger partial charge in [0.1, 0.15) is 18.0 Å². The summed E-state index contributed by atoms with van der Waals surface area (Å²) in [5.41, 5.74) is 0.261. The summed E-state index contributed by atoms with van der Waals surface area (Å²) in [6.07, 6.45) is 0. The van der Waals surface area contributed by atoms with Crippen LogP contribution in [0.15, 0.2) is 18.2 Å². The summed E-state index contributed by atoms with van der Waals surface area (Å²) in [5, 5.41) is 12.9. The van der Waals surface area contributed by atoms with E-state index in [-0.39, 0.29) is 12.1 Å². The topological polar surface area (TPSA) is 114 Å². The van der Waals surface area contributed by atoms with Gasteiger partial charge >= 0.3 is 5.97 Å². The van der Waals surface area contributed by atoms with E-state index >= 15 is 0 Å². The van der Waals surface area contributed by atoms with Crippen LogP contribution < -0.4 is 20.1 Å². The lowest BCUT2D eigenvalue weighted by Gasteiger charge is -2.09. The van der Waals surface area contributed by atoms with Crippen molar-refractivity contribution in [2.45, 2.75) is 0 Å². The lowest BCUT2D eigenvalue weighted by molar-refractivity contribution is -0.137. The Morgan fingerprint density at radius 1 is 1.00 bits per heavy atom. The van der Waals surface area contributed by atoms with Gasteiger partial charge in [0, 0.05) is 11.6 Å². The average Bonchev–Trinajstić information content (AvgIpc) is 2.49. The minimum Gasteiger partial charge on any atom is -0.497 e. The van der Waals surface area contributed by atoms with Crippen molar-refractivity contribution in [3.63, 3.8) is 0 Å². The number of amides is 2. The molecule has 1 rings (SSSR count). The van der Waals surface area contributed by atoms with Gasteiger partial charge in [-0.2, -0.15) is 0 Å². The number of rotatable bonds is 7. The van der Waals surface area contributed by atoms with Crippen LogP contribution >= 0.6 is 0 Å². The minimum absolute atomic E-state index is 0.261. The Kier molecular flexibility index (Phi) is 5.99. The molecular formula is C13H16N2O6. The number of ether oxygens (including phenoxy) is 2. The van der Waals surface area contributed by atoms with E-state index < -0.39 is 24.3 Å². The first-order chi connectivity index (χ1) is 9.96. The first-order valence-electron chi connectivity index (χ1n) is 5.96. The highest BCUT2D eigenvalue weighted by Crippen LogP contribution is 2.22. The van der Waals surface area contributed by atoms with Crippen molar-refractivity contribution in [1.82, 2.24) is 10.6 Å². The quantitative estimate of drug-likeness (QED) is 0.633. The van der Waals surface area contributed by atoms with Crippen LogP contribution in [0.2, 0.25) is 0 Å². The number of carboxylic acids is 1.